The van der Waals surface area contributed by atoms with Crippen molar-refractivity contribution in [2.75, 3.05) is 21.3 Å². The highest BCUT2D eigenvalue weighted by molar-refractivity contribution is 5.76. The van der Waals surface area contributed by atoms with Crippen LogP contribution in [-0.2, 0) is 31.6 Å². The fraction of sp³-hybridized carbons (Fsp3) is 0.296. The standard InChI is InChI=1S/C27H26F9N5O2/c1-40(38)39-24(37)41(13-15-8-18(26(31,32)33)11-19(9-15)27(34,35)36)14-16-10-17(25(28,29)30)4-6-21(16)22-12-20(42-2)5-7-23(22)43-3/h4-12H,13-14,38H2,1-3H3,(H2,37,39)/p+1. The summed E-state index contributed by atoms with van der Waals surface area (Å²) in [6, 6.07) is 8.32. The van der Waals surface area contributed by atoms with Crippen molar-refractivity contribution in [1.29, 1.82) is 0 Å². The van der Waals surface area contributed by atoms with Gasteiger partial charge in [-0.25, -0.2) is 5.84 Å². The molecule has 0 bridgehead atoms. The number of hydrogen-bond acceptors (Lipinski definition) is 4. The molecule has 3 aromatic carbocycles. The number of nitrogens with one attached hydrogen (secondary N) is 1. The maximum atomic E-state index is 13.8. The smallest absolute Gasteiger partial charge is 0.416 e. The van der Waals surface area contributed by atoms with Crippen molar-refractivity contribution in [2.45, 2.75) is 31.6 Å². The first kappa shape index (κ1) is 33.3. The zero-order valence-corrected chi connectivity index (χ0v) is 22.9. The van der Waals surface area contributed by atoms with Gasteiger partial charge in [-0.2, -0.15) is 44.9 Å². The van der Waals surface area contributed by atoms with E-state index in [-0.39, 0.29) is 28.9 Å². The molecular weight excluding hydrogens is 597 g/mol. The van der Waals surface area contributed by atoms with Crippen LogP contribution >= 0.6 is 0 Å². The number of guanidine groups is 1. The van der Waals surface area contributed by atoms with Gasteiger partial charge in [0.15, 0.2) is 0 Å². The van der Waals surface area contributed by atoms with Gasteiger partial charge < -0.3 is 9.47 Å². The van der Waals surface area contributed by atoms with Crippen LogP contribution in [0.15, 0.2) is 54.6 Å². The van der Waals surface area contributed by atoms with Crippen molar-refractivity contribution in [3.8, 4) is 22.6 Å². The van der Waals surface area contributed by atoms with Crippen LogP contribution in [0.5, 0.6) is 11.5 Å². The van der Waals surface area contributed by atoms with Gasteiger partial charge in [-0.15, -0.1) is 5.12 Å². The molecule has 3 rings (SSSR count). The second-order valence-electron chi connectivity index (χ2n) is 9.31. The molecule has 0 radical (unpaired) electrons. The Balaban J connectivity index is 2.26. The minimum atomic E-state index is -5.12. The van der Waals surface area contributed by atoms with Crippen LogP contribution in [0.4, 0.5) is 39.5 Å². The molecule has 16 heteroatoms. The quantitative estimate of drug-likeness (QED) is 0.0738. The Kier molecular flexibility index (Phi) is 9.76. The molecule has 0 fully saturated rings. The van der Waals surface area contributed by atoms with E-state index < -0.39 is 53.9 Å². The Morgan fingerprint density at radius 2 is 1.33 bits per heavy atom. The lowest BCUT2D eigenvalue weighted by Gasteiger charge is -2.20. The van der Waals surface area contributed by atoms with E-state index in [0.29, 0.717) is 23.4 Å². The summed E-state index contributed by atoms with van der Waals surface area (Å²) in [6.45, 7) is -1.21. The van der Waals surface area contributed by atoms with E-state index in [9.17, 15) is 39.5 Å². The van der Waals surface area contributed by atoms with Crippen molar-refractivity contribution < 1.29 is 53.6 Å². The maximum Gasteiger partial charge on any atom is 0.416 e. The van der Waals surface area contributed by atoms with Gasteiger partial charge in [0.1, 0.15) is 11.5 Å². The molecule has 0 spiro atoms. The summed E-state index contributed by atoms with van der Waals surface area (Å²) in [5.74, 6) is 5.77. The van der Waals surface area contributed by atoms with Crippen molar-refractivity contribution >= 4 is 5.96 Å². The molecule has 0 heterocycles. The number of nitrogens with zero attached hydrogens (tertiary/aromatic N) is 2. The van der Waals surface area contributed by atoms with E-state index in [1.54, 1.807) is 6.07 Å². The molecule has 43 heavy (non-hydrogen) atoms. The van der Waals surface area contributed by atoms with E-state index >= 15 is 0 Å². The van der Waals surface area contributed by atoms with Crippen LogP contribution < -0.4 is 26.5 Å². The van der Waals surface area contributed by atoms with E-state index in [0.717, 1.165) is 21.8 Å². The van der Waals surface area contributed by atoms with Gasteiger partial charge in [-0.3, -0.25) is 10.3 Å². The summed E-state index contributed by atoms with van der Waals surface area (Å²) >= 11 is 0. The second kappa shape index (κ2) is 12.6. The molecule has 0 aliphatic heterocycles. The van der Waals surface area contributed by atoms with Gasteiger partial charge in [0, 0.05) is 12.6 Å². The molecule has 0 amide bonds. The van der Waals surface area contributed by atoms with Crippen LogP contribution in [0, 0.1) is 0 Å². The van der Waals surface area contributed by atoms with Crippen LogP contribution in [0.25, 0.3) is 11.1 Å². The lowest BCUT2D eigenvalue weighted by Crippen LogP contribution is -2.51. The third kappa shape index (κ3) is 8.44. The van der Waals surface area contributed by atoms with E-state index in [4.69, 9.17) is 21.1 Å². The number of hydrogen-bond donors (Lipinski definition) is 3. The molecule has 0 saturated heterocycles. The lowest BCUT2D eigenvalue weighted by molar-refractivity contribution is -0.563. The van der Waals surface area contributed by atoms with Crippen molar-refractivity contribution in [2.24, 2.45) is 11.6 Å². The first-order valence-electron chi connectivity index (χ1n) is 12.2. The summed E-state index contributed by atoms with van der Waals surface area (Å²) in [4.78, 5) is 0. The number of alkyl halides is 9. The Hall–Kier alpha value is -4.18. The van der Waals surface area contributed by atoms with Gasteiger partial charge in [0.25, 0.3) is 0 Å². The molecular formula is C27H27F9N5O2+. The van der Waals surface area contributed by atoms with E-state index in [2.05, 4.69) is 5.43 Å². The monoisotopic (exact) mass is 624 g/mol. The first-order chi connectivity index (χ1) is 19.8. The van der Waals surface area contributed by atoms with Gasteiger partial charge in [-0.1, -0.05) is 6.07 Å². The molecule has 0 atom stereocenters. The summed E-state index contributed by atoms with van der Waals surface area (Å²) in [5, 5.41) is 0.841. The normalized spacial score (nSPS) is 13.2. The second-order valence-corrected chi connectivity index (χ2v) is 9.31. The molecule has 0 aromatic heterocycles. The number of rotatable bonds is 8. The average Bonchev–Trinajstić information content (AvgIpc) is 2.90. The largest absolute Gasteiger partial charge is 0.497 e. The average molecular weight is 625 g/mol. The van der Waals surface area contributed by atoms with Gasteiger partial charge in [0.05, 0.1) is 44.0 Å². The maximum absolute atomic E-state index is 13.8. The molecule has 7 nitrogen and oxygen atoms in total. The van der Waals surface area contributed by atoms with Crippen LogP contribution in [0.3, 0.4) is 0 Å². The summed E-state index contributed by atoms with van der Waals surface area (Å²) in [6.07, 6.45) is -15.0. The number of methoxy groups -OCH3 is 2. The van der Waals surface area contributed by atoms with Crippen molar-refractivity contribution in [3.63, 3.8) is 0 Å². The van der Waals surface area contributed by atoms with Crippen LogP contribution in [-0.4, -0.2) is 36.9 Å². The summed E-state index contributed by atoms with van der Waals surface area (Å²) in [5.41, 5.74) is 4.29. The van der Waals surface area contributed by atoms with E-state index in [1.807, 2.05) is 0 Å². The highest BCUT2D eigenvalue weighted by atomic mass is 19.4. The molecule has 0 aliphatic rings. The van der Waals surface area contributed by atoms with Gasteiger partial charge in [-0.05, 0) is 65.2 Å². The zero-order valence-electron chi connectivity index (χ0n) is 22.9. The van der Waals surface area contributed by atoms with Gasteiger partial charge >= 0.3 is 24.5 Å². The predicted octanol–water partition coefficient (Wildman–Crippen LogP) is 5.76. The predicted molar refractivity (Wildman–Crippen MR) is 138 cm³/mol. The third-order valence-electron chi connectivity index (χ3n) is 6.14. The van der Waals surface area contributed by atoms with Crippen molar-refractivity contribution in [1.82, 2.24) is 10.5 Å². The van der Waals surface area contributed by atoms with Crippen molar-refractivity contribution in [3.05, 3.63) is 82.4 Å². The molecule has 0 aliphatic carbocycles. The Bertz CT molecular complexity index is 1450. The summed E-state index contributed by atoms with van der Waals surface area (Å²) in [7, 11) is 3.99. The number of benzene rings is 3. The minimum Gasteiger partial charge on any atom is -0.497 e. The summed E-state index contributed by atoms with van der Waals surface area (Å²) < 4.78 is 134. The Morgan fingerprint density at radius 1 is 0.744 bits per heavy atom. The minimum absolute atomic E-state index is 0.0349. The SMILES string of the molecule is COc1ccc(OC)c(-c2ccc(C(F)(F)F)cc2C[N+](Cc2cc(C(F)(F)F)cc(C(F)(F)F)c2)=C(N)NN(C)N)c1. The zero-order chi connectivity index (χ0) is 32.3. The lowest BCUT2D eigenvalue weighted by atomic mass is 9.95. The third-order valence-corrected chi connectivity index (χ3v) is 6.14. The van der Waals surface area contributed by atoms with E-state index in [1.165, 1.54) is 39.5 Å². The highest BCUT2D eigenvalue weighted by Crippen LogP contribution is 2.40. The van der Waals surface area contributed by atoms with Gasteiger partial charge in [0.2, 0.25) is 0 Å². The fourth-order valence-corrected chi connectivity index (χ4v) is 4.20. The number of nitrogens with two attached hydrogens (primary N) is 2. The Labute approximate surface area is 240 Å². The highest BCUT2D eigenvalue weighted by Gasteiger charge is 2.37. The molecule has 5 N–H and O–H groups in total. The molecule has 234 valence electrons. The number of ether oxygens (including phenoxy) is 2. The molecule has 0 unspecified atom stereocenters. The Morgan fingerprint density at radius 3 is 1.81 bits per heavy atom. The van der Waals surface area contributed by atoms with Crippen LogP contribution in [0.1, 0.15) is 27.8 Å². The number of halogens is 9. The molecule has 0 saturated carbocycles. The number of hydrazine groups is 2. The topological polar surface area (TPSA) is 88.8 Å². The first-order valence-corrected chi connectivity index (χ1v) is 12.2. The fourth-order valence-electron chi connectivity index (χ4n) is 4.20. The van der Waals surface area contributed by atoms with Crippen LogP contribution in [0.2, 0.25) is 0 Å². The molecule has 3 aromatic rings.